The first-order chi connectivity index (χ1) is 19.5. The Kier molecular flexibility index (Phi) is 7.26. The van der Waals surface area contributed by atoms with Crippen LogP contribution >= 0.6 is 11.8 Å². The lowest BCUT2D eigenvalue weighted by atomic mass is 9.80. The highest BCUT2D eigenvalue weighted by atomic mass is 32.2. The molecule has 0 saturated carbocycles. The summed E-state index contributed by atoms with van der Waals surface area (Å²) in [6, 6.07) is 29.9. The normalized spacial score (nSPS) is 21.2. The molecule has 2 aromatic heterocycles. The number of aliphatic hydroxyl groups is 2. The molecule has 9 nitrogen and oxygen atoms in total. The Hall–Kier alpha value is -3.80. The van der Waals surface area contributed by atoms with Crippen LogP contribution in [0.25, 0.3) is 11.2 Å². The fraction of sp³-hybridized carbons (Fsp3) is 0.233. The highest BCUT2D eigenvalue weighted by Gasteiger charge is 2.46. The van der Waals surface area contributed by atoms with Gasteiger partial charge in [0.25, 0.3) is 0 Å². The number of hydrogen-bond acceptors (Lipinski definition) is 9. The van der Waals surface area contributed by atoms with Crippen molar-refractivity contribution in [2.45, 2.75) is 35.2 Å². The van der Waals surface area contributed by atoms with Gasteiger partial charge in [0.2, 0.25) is 5.95 Å². The molecular formula is C30H29N5O4S. The molecule has 1 saturated heterocycles. The van der Waals surface area contributed by atoms with Crippen LogP contribution in [-0.2, 0) is 15.1 Å². The summed E-state index contributed by atoms with van der Waals surface area (Å²) in [5, 5.41) is 22.8. The Morgan fingerprint density at radius 2 is 1.43 bits per heavy atom. The highest BCUT2D eigenvalue weighted by Crippen LogP contribution is 2.42. The number of nitrogens with two attached hydrogens (primary N) is 1. The molecule has 10 heteroatoms. The minimum Gasteiger partial charge on any atom is -0.387 e. The summed E-state index contributed by atoms with van der Waals surface area (Å²) in [5.74, 6) is 0.0879. The number of thioether (sulfide) groups is 1. The zero-order valence-corrected chi connectivity index (χ0v) is 22.6. The van der Waals surface area contributed by atoms with E-state index in [2.05, 4.69) is 15.0 Å². The quantitative estimate of drug-likeness (QED) is 0.149. The number of imidazole rings is 1. The van der Waals surface area contributed by atoms with Crippen LogP contribution in [0.1, 0.15) is 22.9 Å². The predicted octanol–water partition coefficient (Wildman–Crippen LogP) is 3.76. The van der Waals surface area contributed by atoms with Gasteiger partial charge < -0.3 is 25.4 Å². The van der Waals surface area contributed by atoms with Gasteiger partial charge in [-0.3, -0.25) is 4.57 Å². The number of hydrogen-bond donors (Lipinski definition) is 3. The molecule has 204 valence electrons. The van der Waals surface area contributed by atoms with E-state index in [1.807, 2.05) is 97.3 Å². The van der Waals surface area contributed by atoms with Gasteiger partial charge in [-0.25, -0.2) is 9.97 Å². The lowest BCUT2D eigenvalue weighted by Crippen LogP contribution is -2.39. The van der Waals surface area contributed by atoms with E-state index in [1.54, 1.807) is 4.57 Å². The Labute approximate surface area is 235 Å². The van der Waals surface area contributed by atoms with E-state index in [4.69, 9.17) is 15.2 Å². The highest BCUT2D eigenvalue weighted by molar-refractivity contribution is 7.98. The van der Waals surface area contributed by atoms with Crippen LogP contribution < -0.4 is 5.73 Å². The molecule has 3 heterocycles. The van der Waals surface area contributed by atoms with Gasteiger partial charge in [0.1, 0.15) is 34.5 Å². The number of nitrogen functional groups attached to an aromatic ring is 1. The number of anilines is 1. The van der Waals surface area contributed by atoms with Crippen LogP contribution in [0, 0.1) is 0 Å². The lowest BCUT2D eigenvalue weighted by Gasteiger charge is -2.37. The van der Waals surface area contributed by atoms with Gasteiger partial charge in [-0.2, -0.15) is 4.98 Å². The monoisotopic (exact) mass is 555 g/mol. The SMILES string of the molecule is CSc1nc(N)nc2c1ncn2[C@@H]1O[C@H](COC(c2ccccc2)(c2ccccc2)c2ccccc2)[C@@H](O)[C@H]1O. The molecule has 0 amide bonds. The van der Waals surface area contributed by atoms with Crippen molar-refractivity contribution in [2.24, 2.45) is 0 Å². The van der Waals surface area contributed by atoms with Crippen LogP contribution in [0.5, 0.6) is 0 Å². The molecular weight excluding hydrogens is 526 g/mol. The first kappa shape index (κ1) is 26.4. The molecule has 0 spiro atoms. The summed E-state index contributed by atoms with van der Waals surface area (Å²) in [4.78, 5) is 13.0. The second-order valence-electron chi connectivity index (χ2n) is 9.55. The smallest absolute Gasteiger partial charge is 0.223 e. The van der Waals surface area contributed by atoms with Crippen molar-refractivity contribution in [1.82, 2.24) is 19.5 Å². The molecule has 5 aromatic rings. The average molecular weight is 556 g/mol. The Bertz CT molecular complexity index is 1490. The zero-order valence-electron chi connectivity index (χ0n) is 21.7. The number of aliphatic hydroxyl groups excluding tert-OH is 2. The van der Waals surface area contributed by atoms with Gasteiger partial charge in [0.05, 0.1) is 12.9 Å². The number of nitrogens with zero attached hydrogens (tertiary/aromatic N) is 4. The molecule has 4 N–H and O–H groups in total. The van der Waals surface area contributed by atoms with Gasteiger partial charge in [-0.1, -0.05) is 91.0 Å². The van der Waals surface area contributed by atoms with Crippen molar-refractivity contribution < 1.29 is 19.7 Å². The Morgan fingerprint density at radius 1 is 0.875 bits per heavy atom. The molecule has 0 aliphatic carbocycles. The number of benzene rings is 3. The molecule has 1 fully saturated rings. The molecule has 4 atom stereocenters. The topological polar surface area (TPSA) is 129 Å². The molecule has 1 aliphatic heterocycles. The molecule has 0 unspecified atom stereocenters. The summed E-state index contributed by atoms with van der Waals surface area (Å²) < 4.78 is 14.7. The van der Waals surface area contributed by atoms with Gasteiger partial charge >= 0.3 is 0 Å². The lowest BCUT2D eigenvalue weighted by molar-refractivity contribution is -0.0942. The van der Waals surface area contributed by atoms with Crippen LogP contribution in [-0.4, -0.2) is 60.9 Å². The maximum absolute atomic E-state index is 11.1. The van der Waals surface area contributed by atoms with Crippen LogP contribution in [0.3, 0.4) is 0 Å². The fourth-order valence-corrected chi connectivity index (χ4v) is 5.83. The van der Waals surface area contributed by atoms with Gasteiger partial charge in [0.15, 0.2) is 11.9 Å². The fourth-order valence-electron chi connectivity index (χ4n) is 5.31. The van der Waals surface area contributed by atoms with Crippen molar-refractivity contribution in [3.8, 4) is 0 Å². The zero-order chi connectivity index (χ0) is 27.7. The third-order valence-electron chi connectivity index (χ3n) is 7.22. The van der Waals surface area contributed by atoms with Crippen LogP contribution in [0.4, 0.5) is 5.95 Å². The van der Waals surface area contributed by atoms with E-state index >= 15 is 0 Å². The Morgan fingerprint density at radius 3 is 1.95 bits per heavy atom. The first-order valence-electron chi connectivity index (χ1n) is 12.9. The second kappa shape index (κ2) is 11.0. The van der Waals surface area contributed by atoms with Crippen molar-refractivity contribution in [3.63, 3.8) is 0 Å². The molecule has 1 aliphatic rings. The van der Waals surface area contributed by atoms with Gasteiger partial charge in [-0.05, 0) is 22.9 Å². The maximum atomic E-state index is 11.1. The Balaban J connectivity index is 1.36. The van der Waals surface area contributed by atoms with Crippen molar-refractivity contribution in [1.29, 1.82) is 0 Å². The third kappa shape index (κ3) is 4.53. The summed E-state index contributed by atoms with van der Waals surface area (Å²) >= 11 is 1.40. The average Bonchev–Trinajstić information content (AvgIpc) is 3.54. The number of ether oxygens (including phenoxy) is 2. The standard InChI is InChI=1S/C30H29N5O4S/c1-40-27-23-26(33-29(31)34-27)35(18-32-23)28-25(37)24(36)22(39-28)17-38-30(19-11-5-2-6-12-19,20-13-7-3-8-14-20)21-15-9-4-10-16-21/h2-16,18,22,24-25,28,36-37H,17H2,1H3,(H2,31,33,34)/t22-,24-,25-,28-/m1/s1. The van der Waals surface area contributed by atoms with Crippen molar-refractivity contribution in [3.05, 3.63) is 114 Å². The van der Waals surface area contributed by atoms with E-state index in [0.717, 1.165) is 16.7 Å². The molecule has 40 heavy (non-hydrogen) atoms. The molecule has 0 bridgehead atoms. The number of rotatable bonds is 8. The summed E-state index contributed by atoms with van der Waals surface area (Å²) in [7, 11) is 0. The van der Waals surface area contributed by atoms with Gasteiger partial charge in [0, 0.05) is 0 Å². The maximum Gasteiger partial charge on any atom is 0.223 e. The van der Waals surface area contributed by atoms with E-state index in [9.17, 15) is 10.2 Å². The third-order valence-corrected chi connectivity index (χ3v) is 7.89. The summed E-state index contributed by atoms with van der Waals surface area (Å²) in [6.45, 7) is -0.00672. The molecule has 0 radical (unpaired) electrons. The van der Waals surface area contributed by atoms with E-state index in [1.165, 1.54) is 18.1 Å². The second-order valence-corrected chi connectivity index (χ2v) is 10.3. The van der Waals surface area contributed by atoms with E-state index in [0.29, 0.717) is 16.2 Å². The minimum absolute atomic E-state index is 0.00672. The van der Waals surface area contributed by atoms with Crippen LogP contribution in [0.15, 0.2) is 102 Å². The van der Waals surface area contributed by atoms with Crippen molar-refractivity contribution >= 4 is 28.9 Å². The minimum atomic E-state index is -1.25. The summed E-state index contributed by atoms with van der Waals surface area (Å²) in [5.41, 5.74) is 8.67. The summed E-state index contributed by atoms with van der Waals surface area (Å²) in [6.07, 6.45) is -0.869. The van der Waals surface area contributed by atoms with E-state index in [-0.39, 0.29) is 12.6 Å². The largest absolute Gasteiger partial charge is 0.387 e. The molecule has 6 rings (SSSR count). The number of aromatic nitrogens is 4. The van der Waals surface area contributed by atoms with Crippen molar-refractivity contribution in [2.75, 3.05) is 18.6 Å². The molecule has 3 aromatic carbocycles. The predicted molar refractivity (Wildman–Crippen MR) is 153 cm³/mol. The van der Waals surface area contributed by atoms with Gasteiger partial charge in [-0.15, -0.1) is 11.8 Å². The first-order valence-corrected chi connectivity index (χ1v) is 14.1. The number of fused-ring (bicyclic) bond motifs is 1. The van der Waals surface area contributed by atoms with Crippen LogP contribution in [0.2, 0.25) is 0 Å². The van der Waals surface area contributed by atoms with E-state index < -0.39 is 30.1 Å².